The molecule has 1 amide bonds. The van der Waals surface area contributed by atoms with Crippen LogP contribution in [0.15, 0.2) is 24.3 Å². The lowest BCUT2D eigenvalue weighted by Crippen LogP contribution is -2.44. The maximum Gasteiger partial charge on any atom is 0.258 e. The molecular formula is C13H17Cl2NO2. The number of hydrogen-bond acceptors (Lipinski definition) is 2. The molecule has 0 radical (unpaired) electrons. The third kappa shape index (κ3) is 2.97. The zero-order valence-electron chi connectivity index (χ0n) is 10.9. The van der Waals surface area contributed by atoms with Crippen LogP contribution in [0.1, 0.15) is 20.8 Å². The van der Waals surface area contributed by atoms with Crippen molar-refractivity contribution in [3.8, 4) is 0 Å². The van der Waals surface area contributed by atoms with Crippen molar-refractivity contribution in [2.75, 3.05) is 12.2 Å². The minimum Gasteiger partial charge on any atom is -0.271 e. The van der Waals surface area contributed by atoms with Crippen LogP contribution < -0.4 is 5.06 Å². The van der Waals surface area contributed by atoms with Crippen molar-refractivity contribution < 1.29 is 9.63 Å². The minimum atomic E-state index is -0.753. The maximum atomic E-state index is 12.4. The monoisotopic (exact) mass is 289 g/mol. The summed E-state index contributed by atoms with van der Waals surface area (Å²) in [4.78, 5) is 17.6. The smallest absolute Gasteiger partial charge is 0.258 e. The van der Waals surface area contributed by atoms with Crippen LogP contribution in [0.25, 0.3) is 0 Å². The van der Waals surface area contributed by atoms with E-state index in [1.807, 2.05) is 0 Å². The van der Waals surface area contributed by atoms with Gasteiger partial charge in [0.2, 0.25) is 0 Å². The van der Waals surface area contributed by atoms with Crippen molar-refractivity contribution in [1.82, 2.24) is 0 Å². The van der Waals surface area contributed by atoms with E-state index in [-0.39, 0.29) is 11.3 Å². The number of halogens is 2. The van der Waals surface area contributed by atoms with Gasteiger partial charge in [0.05, 0.1) is 23.2 Å². The van der Waals surface area contributed by atoms with Crippen LogP contribution in [0.3, 0.4) is 0 Å². The van der Waals surface area contributed by atoms with E-state index in [1.165, 1.54) is 12.2 Å². The molecule has 0 saturated carbocycles. The Morgan fingerprint density at radius 2 is 1.94 bits per heavy atom. The SMILES string of the molecule is CON(C(=O)C(C)(C)C(C)Cl)c1ccccc1Cl. The Morgan fingerprint density at radius 1 is 1.39 bits per heavy atom. The number of carbonyl (C=O) groups is 1. The molecule has 0 aliphatic heterocycles. The van der Waals surface area contributed by atoms with Crippen LogP contribution in [-0.2, 0) is 9.63 Å². The highest BCUT2D eigenvalue weighted by Crippen LogP contribution is 2.33. The maximum absolute atomic E-state index is 12.4. The van der Waals surface area contributed by atoms with Gasteiger partial charge in [-0.1, -0.05) is 23.7 Å². The Hall–Kier alpha value is -0.770. The van der Waals surface area contributed by atoms with E-state index in [4.69, 9.17) is 28.0 Å². The van der Waals surface area contributed by atoms with E-state index >= 15 is 0 Å². The summed E-state index contributed by atoms with van der Waals surface area (Å²) in [6.07, 6.45) is 0. The van der Waals surface area contributed by atoms with Gasteiger partial charge >= 0.3 is 0 Å². The van der Waals surface area contributed by atoms with E-state index in [1.54, 1.807) is 45.0 Å². The molecule has 1 rings (SSSR count). The molecule has 0 bridgehead atoms. The second kappa shape index (κ2) is 5.91. The number of nitrogens with zero attached hydrogens (tertiary/aromatic N) is 1. The first-order chi connectivity index (χ1) is 8.32. The van der Waals surface area contributed by atoms with Crippen LogP contribution in [0.2, 0.25) is 5.02 Å². The molecule has 0 N–H and O–H groups in total. The van der Waals surface area contributed by atoms with Crippen LogP contribution in [0.4, 0.5) is 5.69 Å². The van der Waals surface area contributed by atoms with Crippen LogP contribution in [0, 0.1) is 5.41 Å². The van der Waals surface area contributed by atoms with Crippen molar-refractivity contribution in [2.24, 2.45) is 5.41 Å². The zero-order chi connectivity index (χ0) is 13.9. The van der Waals surface area contributed by atoms with E-state index in [0.717, 1.165) is 0 Å². The number of carbonyl (C=O) groups excluding carboxylic acids is 1. The highest BCUT2D eigenvalue weighted by molar-refractivity contribution is 6.33. The molecule has 0 spiro atoms. The Balaban J connectivity index is 3.13. The van der Waals surface area contributed by atoms with Gasteiger partial charge < -0.3 is 0 Å². The molecule has 3 nitrogen and oxygen atoms in total. The van der Waals surface area contributed by atoms with Gasteiger partial charge in [0.15, 0.2) is 0 Å². The molecule has 1 aromatic carbocycles. The quantitative estimate of drug-likeness (QED) is 0.622. The molecular weight excluding hydrogens is 273 g/mol. The molecule has 1 atom stereocenters. The lowest BCUT2D eigenvalue weighted by Gasteiger charge is -2.32. The molecule has 0 saturated heterocycles. The average Bonchev–Trinajstić information content (AvgIpc) is 2.32. The molecule has 0 aliphatic rings. The first kappa shape index (κ1) is 15.3. The summed E-state index contributed by atoms with van der Waals surface area (Å²) < 4.78 is 0. The van der Waals surface area contributed by atoms with Gasteiger partial charge in [-0.25, -0.2) is 0 Å². The van der Waals surface area contributed by atoms with Gasteiger partial charge in [0, 0.05) is 5.38 Å². The number of hydrogen-bond donors (Lipinski definition) is 0. The largest absolute Gasteiger partial charge is 0.271 e. The Morgan fingerprint density at radius 3 is 2.39 bits per heavy atom. The second-order valence-electron chi connectivity index (χ2n) is 4.57. The molecule has 0 heterocycles. The number of hydroxylamine groups is 1. The van der Waals surface area contributed by atoms with Crippen molar-refractivity contribution in [3.05, 3.63) is 29.3 Å². The highest BCUT2D eigenvalue weighted by atomic mass is 35.5. The normalized spacial score (nSPS) is 13.2. The first-order valence-corrected chi connectivity index (χ1v) is 6.41. The molecule has 0 aromatic heterocycles. The predicted octanol–water partition coefficient (Wildman–Crippen LogP) is 3.89. The summed E-state index contributed by atoms with van der Waals surface area (Å²) in [6.45, 7) is 5.33. The fraction of sp³-hybridized carbons (Fsp3) is 0.462. The molecule has 1 unspecified atom stereocenters. The van der Waals surface area contributed by atoms with Crippen molar-refractivity contribution in [2.45, 2.75) is 26.1 Å². The van der Waals surface area contributed by atoms with E-state index in [2.05, 4.69) is 0 Å². The van der Waals surface area contributed by atoms with E-state index in [9.17, 15) is 4.79 Å². The van der Waals surface area contributed by atoms with Gasteiger partial charge in [-0.3, -0.25) is 9.63 Å². The summed E-state index contributed by atoms with van der Waals surface area (Å²) in [5.74, 6) is -0.236. The van der Waals surface area contributed by atoms with Gasteiger partial charge in [0.25, 0.3) is 5.91 Å². The Bertz CT molecular complexity index is 433. The average molecular weight is 290 g/mol. The topological polar surface area (TPSA) is 29.5 Å². The fourth-order valence-electron chi connectivity index (χ4n) is 1.34. The molecule has 18 heavy (non-hydrogen) atoms. The van der Waals surface area contributed by atoms with Crippen LogP contribution in [-0.4, -0.2) is 18.4 Å². The summed E-state index contributed by atoms with van der Waals surface area (Å²) >= 11 is 12.1. The Kier molecular flexibility index (Phi) is 5.02. The van der Waals surface area contributed by atoms with Gasteiger partial charge in [-0.15, -0.1) is 11.6 Å². The summed E-state index contributed by atoms with van der Waals surface area (Å²) in [6, 6.07) is 7.00. The standard InChI is InChI=1S/C13H17Cl2NO2/c1-9(14)13(2,3)12(17)16(18-4)11-8-6-5-7-10(11)15/h5-9H,1-4H3. The van der Waals surface area contributed by atoms with Gasteiger partial charge in [-0.2, -0.15) is 5.06 Å². The number of para-hydroxylation sites is 1. The summed E-state index contributed by atoms with van der Waals surface area (Å²) in [7, 11) is 1.43. The van der Waals surface area contributed by atoms with Gasteiger partial charge in [0.1, 0.15) is 0 Å². The fourth-order valence-corrected chi connectivity index (χ4v) is 1.64. The summed E-state index contributed by atoms with van der Waals surface area (Å²) in [5.41, 5.74) is -0.242. The molecule has 100 valence electrons. The molecule has 0 fully saturated rings. The Labute approximate surface area is 118 Å². The number of benzene rings is 1. The highest BCUT2D eigenvalue weighted by Gasteiger charge is 2.38. The second-order valence-corrected chi connectivity index (χ2v) is 5.63. The van der Waals surface area contributed by atoms with Gasteiger partial charge in [-0.05, 0) is 32.9 Å². The van der Waals surface area contributed by atoms with Crippen molar-refractivity contribution in [3.63, 3.8) is 0 Å². The third-order valence-electron chi connectivity index (χ3n) is 2.98. The van der Waals surface area contributed by atoms with E-state index < -0.39 is 5.41 Å². The summed E-state index contributed by atoms with van der Waals surface area (Å²) in [5, 5.41) is 1.30. The number of anilines is 1. The molecule has 0 aliphatic carbocycles. The first-order valence-electron chi connectivity index (χ1n) is 5.59. The third-order valence-corrected chi connectivity index (χ3v) is 3.85. The lowest BCUT2D eigenvalue weighted by atomic mass is 9.88. The van der Waals surface area contributed by atoms with Crippen molar-refractivity contribution in [1.29, 1.82) is 0 Å². The molecule has 5 heteroatoms. The number of rotatable bonds is 4. The minimum absolute atomic E-state index is 0.236. The zero-order valence-corrected chi connectivity index (χ0v) is 12.4. The lowest BCUT2D eigenvalue weighted by molar-refractivity contribution is -0.133. The van der Waals surface area contributed by atoms with E-state index in [0.29, 0.717) is 10.7 Å². The van der Waals surface area contributed by atoms with Crippen molar-refractivity contribution >= 4 is 34.8 Å². The number of alkyl halides is 1. The van der Waals surface area contributed by atoms with Crippen LogP contribution >= 0.6 is 23.2 Å². The number of amides is 1. The molecule has 1 aromatic rings. The van der Waals surface area contributed by atoms with Crippen LogP contribution in [0.5, 0.6) is 0 Å². The predicted molar refractivity (Wildman–Crippen MR) is 75.0 cm³/mol.